The maximum atomic E-state index is 5.44. The molecule has 8 nitrogen and oxygen atoms in total. The van der Waals surface area contributed by atoms with Crippen molar-refractivity contribution in [3.05, 3.63) is 65.5 Å². The van der Waals surface area contributed by atoms with Crippen LogP contribution in [0.25, 0.3) is 0 Å². The van der Waals surface area contributed by atoms with Gasteiger partial charge in [-0.1, -0.05) is 36.4 Å². The number of rotatable bonds is 8. The maximum Gasteiger partial charge on any atom is 0.214 e. The zero-order chi connectivity index (χ0) is 21.6. The molecule has 3 aromatic rings. The van der Waals surface area contributed by atoms with Crippen molar-refractivity contribution in [3.8, 4) is 11.5 Å². The topological polar surface area (TPSA) is 70.9 Å². The van der Waals surface area contributed by atoms with E-state index in [0.717, 1.165) is 55.5 Å². The number of benzene rings is 2. The van der Waals surface area contributed by atoms with Gasteiger partial charge in [-0.3, -0.25) is 0 Å². The number of methoxy groups -OCH3 is 2. The smallest absolute Gasteiger partial charge is 0.214 e. The summed E-state index contributed by atoms with van der Waals surface area (Å²) in [6.45, 7) is 5.24. The van der Waals surface area contributed by atoms with Crippen molar-refractivity contribution < 1.29 is 19.3 Å². The van der Waals surface area contributed by atoms with Crippen LogP contribution in [0.15, 0.2) is 48.5 Å². The van der Waals surface area contributed by atoms with Gasteiger partial charge in [0, 0.05) is 12.1 Å². The maximum absolute atomic E-state index is 5.44. The molecule has 0 bridgehead atoms. The molecule has 2 heterocycles. The number of quaternary nitrogens is 2. The second kappa shape index (κ2) is 9.89. The van der Waals surface area contributed by atoms with Gasteiger partial charge >= 0.3 is 0 Å². The Kier molecular flexibility index (Phi) is 6.79. The first-order chi connectivity index (χ1) is 15.2. The van der Waals surface area contributed by atoms with Gasteiger partial charge in [-0.05, 0) is 34.5 Å². The summed E-state index contributed by atoms with van der Waals surface area (Å²) in [4.78, 5) is 3.11. The highest BCUT2D eigenvalue weighted by atomic mass is 16.5. The minimum atomic E-state index is 0.134. The molecule has 1 atom stereocenters. The zero-order valence-electron chi connectivity index (χ0n) is 18.5. The molecule has 31 heavy (non-hydrogen) atoms. The lowest BCUT2D eigenvalue weighted by molar-refractivity contribution is -1.02. The van der Waals surface area contributed by atoms with E-state index in [1.165, 1.54) is 10.5 Å². The van der Waals surface area contributed by atoms with Crippen molar-refractivity contribution in [1.29, 1.82) is 0 Å². The van der Waals surface area contributed by atoms with Crippen molar-refractivity contribution in [2.45, 2.75) is 19.0 Å². The van der Waals surface area contributed by atoms with Crippen LogP contribution in [-0.2, 0) is 13.0 Å². The first-order valence-electron chi connectivity index (χ1n) is 10.9. The van der Waals surface area contributed by atoms with Gasteiger partial charge in [-0.15, -0.1) is 5.10 Å². The molecule has 0 amide bonds. The van der Waals surface area contributed by atoms with Gasteiger partial charge in [-0.2, -0.15) is 0 Å². The summed E-state index contributed by atoms with van der Waals surface area (Å²) in [5.74, 6) is 2.41. The van der Waals surface area contributed by atoms with Gasteiger partial charge in [0.05, 0.1) is 21.3 Å². The predicted molar refractivity (Wildman–Crippen MR) is 117 cm³/mol. The fraction of sp³-hybridized carbons (Fsp3) is 0.435. The monoisotopic (exact) mass is 424 g/mol. The summed E-state index contributed by atoms with van der Waals surface area (Å²) in [5, 5.41) is 12.9. The molecule has 0 unspecified atom stereocenters. The van der Waals surface area contributed by atoms with E-state index in [0.29, 0.717) is 6.54 Å². The minimum absolute atomic E-state index is 0.134. The molecule has 1 fully saturated rings. The van der Waals surface area contributed by atoms with Gasteiger partial charge < -0.3 is 19.3 Å². The van der Waals surface area contributed by atoms with Crippen molar-refractivity contribution in [1.82, 2.24) is 20.2 Å². The summed E-state index contributed by atoms with van der Waals surface area (Å²) in [7, 11) is 5.57. The quantitative estimate of drug-likeness (QED) is 0.507. The molecular weight excluding hydrogens is 392 g/mol. The molecule has 1 saturated heterocycles. The van der Waals surface area contributed by atoms with Crippen LogP contribution in [0.2, 0.25) is 0 Å². The highest BCUT2D eigenvalue weighted by Crippen LogP contribution is 2.28. The Morgan fingerprint density at radius 3 is 2.42 bits per heavy atom. The summed E-state index contributed by atoms with van der Waals surface area (Å²) in [6.07, 6.45) is 0.808. The van der Waals surface area contributed by atoms with Crippen LogP contribution in [0.3, 0.4) is 0 Å². The molecule has 2 aromatic carbocycles. The average molecular weight is 425 g/mol. The fourth-order valence-electron chi connectivity index (χ4n) is 4.35. The molecule has 0 spiro atoms. The number of nitrogens with zero attached hydrogens (tertiary/aromatic N) is 4. The largest absolute Gasteiger partial charge is 0.493 e. The average Bonchev–Trinajstić information content (AvgIpc) is 3.27. The number of hydrogen-bond donors (Lipinski definition) is 2. The summed E-state index contributed by atoms with van der Waals surface area (Å²) >= 11 is 0. The molecule has 164 valence electrons. The first-order valence-corrected chi connectivity index (χ1v) is 10.9. The third-order valence-electron chi connectivity index (χ3n) is 6.16. The van der Waals surface area contributed by atoms with E-state index >= 15 is 0 Å². The molecule has 1 aliphatic heterocycles. The fourth-order valence-corrected chi connectivity index (χ4v) is 4.35. The third-order valence-corrected chi connectivity index (χ3v) is 6.16. The van der Waals surface area contributed by atoms with Gasteiger partial charge in [0.15, 0.2) is 17.5 Å². The number of piperazine rings is 1. The number of hydrogen-bond acceptors (Lipinski definition) is 5. The normalized spacial score (nSPS) is 19.7. The van der Waals surface area contributed by atoms with Gasteiger partial charge in [0.2, 0.25) is 5.82 Å². The minimum Gasteiger partial charge on any atom is -0.493 e. The van der Waals surface area contributed by atoms with Crippen molar-refractivity contribution >= 4 is 0 Å². The number of nitrogens with one attached hydrogen (secondary N) is 2. The van der Waals surface area contributed by atoms with Crippen LogP contribution in [0, 0.1) is 0 Å². The predicted octanol–water partition coefficient (Wildman–Crippen LogP) is -0.564. The number of likely N-dealkylation sites (N-methyl/N-ethyl adjacent to an activating group) is 1. The van der Waals surface area contributed by atoms with E-state index in [2.05, 4.69) is 59.0 Å². The Balaban J connectivity index is 1.57. The molecule has 1 aromatic heterocycles. The molecule has 1 aliphatic rings. The summed E-state index contributed by atoms with van der Waals surface area (Å²) in [5.41, 5.74) is 2.42. The Morgan fingerprint density at radius 2 is 1.71 bits per heavy atom. The summed E-state index contributed by atoms with van der Waals surface area (Å²) in [6, 6.07) is 16.8. The van der Waals surface area contributed by atoms with Crippen LogP contribution in [0.1, 0.15) is 23.0 Å². The van der Waals surface area contributed by atoms with Crippen LogP contribution < -0.4 is 19.3 Å². The Labute approximate surface area is 183 Å². The molecule has 0 radical (unpaired) electrons. The first kappa shape index (κ1) is 21.3. The SMILES string of the molecule is COc1ccc(CCn2nnnc2[C@@H](c2ccccc2)[NH+]2CC[NH+](C)CC2)cc1OC. The number of aryl methyl sites for hydroxylation is 2. The van der Waals surface area contributed by atoms with E-state index in [1.807, 2.05) is 16.8 Å². The van der Waals surface area contributed by atoms with E-state index < -0.39 is 0 Å². The van der Waals surface area contributed by atoms with Gasteiger partial charge in [-0.25, -0.2) is 4.68 Å². The molecule has 4 rings (SSSR count). The lowest BCUT2D eigenvalue weighted by Gasteiger charge is -2.32. The molecule has 8 heteroatoms. The highest BCUT2D eigenvalue weighted by molar-refractivity contribution is 5.42. The second-order valence-electron chi connectivity index (χ2n) is 8.16. The lowest BCUT2D eigenvalue weighted by atomic mass is 10.0. The molecule has 0 aliphatic carbocycles. The molecule has 0 saturated carbocycles. The number of tetrazole rings is 1. The standard InChI is InChI=1S/C23H30N6O2/c1-27-13-15-28(16-14-27)22(19-7-5-4-6-8-19)23-24-25-26-29(23)12-11-18-9-10-20(30-2)21(17-18)31-3/h4-10,17,22H,11-16H2,1-3H3/p+2/t22-/m1/s1. The Bertz CT molecular complexity index is 969. The Morgan fingerprint density at radius 1 is 0.968 bits per heavy atom. The van der Waals surface area contributed by atoms with Crippen molar-refractivity contribution in [3.63, 3.8) is 0 Å². The van der Waals surface area contributed by atoms with Crippen molar-refractivity contribution in [2.75, 3.05) is 47.4 Å². The van der Waals surface area contributed by atoms with Gasteiger partial charge in [0.1, 0.15) is 26.2 Å². The van der Waals surface area contributed by atoms with E-state index in [9.17, 15) is 0 Å². The van der Waals surface area contributed by atoms with Gasteiger partial charge in [0.25, 0.3) is 0 Å². The summed E-state index contributed by atoms with van der Waals surface area (Å²) < 4.78 is 12.8. The van der Waals surface area contributed by atoms with Crippen LogP contribution in [0.4, 0.5) is 0 Å². The van der Waals surface area contributed by atoms with E-state index in [-0.39, 0.29) is 6.04 Å². The second-order valence-corrected chi connectivity index (χ2v) is 8.16. The third kappa shape index (κ3) is 4.86. The molecule has 2 N–H and O–H groups in total. The molecular formula is C23H32N6O2+2. The van der Waals surface area contributed by atoms with Crippen LogP contribution in [-0.4, -0.2) is 67.7 Å². The van der Waals surface area contributed by atoms with Crippen molar-refractivity contribution in [2.24, 2.45) is 0 Å². The van der Waals surface area contributed by atoms with E-state index in [1.54, 1.807) is 19.1 Å². The van der Waals surface area contributed by atoms with E-state index in [4.69, 9.17) is 9.47 Å². The zero-order valence-corrected chi connectivity index (χ0v) is 18.5. The lowest BCUT2D eigenvalue weighted by Crippen LogP contribution is -3.27. The number of ether oxygens (including phenoxy) is 2. The number of aromatic nitrogens is 4. The van der Waals surface area contributed by atoms with Crippen LogP contribution in [0.5, 0.6) is 11.5 Å². The highest BCUT2D eigenvalue weighted by Gasteiger charge is 2.34. The van der Waals surface area contributed by atoms with Crippen LogP contribution >= 0.6 is 0 Å². The Hall–Kier alpha value is -2.97.